The standard InChI is InChI=1S/C13H16N/c1-10(2)14-7-6-12-8-11(3)4-5-13(12)9-14/h4-10H,1-3H3/q+1. The summed E-state index contributed by atoms with van der Waals surface area (Å²) in [5.74, 6) is 0. The molecule has 1 heterocycles. The van der Waals surface area contributed by atoms with Gasteiger partial charge in [-0.1, -0.05) is 17.7 Å². The maximum absolute atomic E-state index is 2.23. The molecule has 0 N–H and O–H groups in total. The molecule has 72 valence electrons. The molecule has 0 saturated heterocycles. The highest BCUT2D eigenvalue weighted by Crippen LogP contribution is 2.13. The van der Waals surface area contributed by atoms with Gasteiger partial charge in [0, 0.05) is 11.5 Å². The van der Waals surface area contributed by atoms with Crippen LogP contribution in [0.5, 0.6) is 0 Å². The minimum Gasteiger partial charge on any atom is -0.202 e. The van der Waals surface area contributed by atoms with E-state index in [4.69, 9.17) is 0 Å². The van der Waals surface area contributed by atoms with E-state index in [1.807, 2.05) is 0 Å². The Morgan fingerprint density at radius 2 is 1.86 bits per heavy atom. The number of benzene rings is 1. The summed E-state index contributed by atoms with van der Waals surface area (Å²) in [7, 11) is 0. The van der Waals surface area contributed by atoms with Crippen LogP contribution in [-0.2, 0) is 0 Å². The monoisotopic (exact) mass is 186 g/mol. The van der Waals surface area contributed by atoms with Crippen molar-refractivity contribution in [3.05, 3.63) is 42.2 Å². The predicted octanol–water partition coefficient (Wildman–Crippen LogP) is 3.02. The molecule has 0 bridgehead atoms. The van der Waals surface area contributed by atoms with Crippen molar-refractivity contribution in [2.45, 2.75) is 26.8 Å². The van der Waals surface area contributed by atoms with Crippen molar-refractivity contribution >= 4 is 10.8 Å². The molecule has 14 heavy (non-hydrogen) atoms. The number of fused-ring (bicyclic) bond motifs is 1. The van der Waals surface area contributed by atoms with Gasteiger partial charge in [-0.25, -0.2) is 4.57 Å². The molecule has 0 aliphatic heterocycles. The zero-order chi connectivity index (χ0) is 10.1. The second kappa shape index (κ2) is 3.41. The van der Waals surface area contributed by atoms with E-state index in [2.05, 4.69) is 62.0 Å². The number of aryl methyl sites for hydroxylation is 1. The Hall–Kier alpha value is -1.37. The maximum Gasteiger partial charge on any atom is 0.176 e. The SMILES string of the molecule is Cc1ccc2c[n+](C(C)C)ccc2c1. The lowest BCUT2D eigenvalue weighted by atomic mass is 10.1. The molecule has 1 heteroatoms. The molecular formula is C13H16N+. The molecule has 0 unspecified atom stereocenters. The average Bonchev–Trinajstić information content (AvgIpc) is 2.16. The first-order valence-electron chi connectivity index (χ1n) is 5.08. The van der Waals surface area contributed by atoms with Crippen molar-refractivity contribution in [1.29, 1.82) is 0 Å². The van der Waals surface area contributed by atoms with Gasteiger partial charge in [-0.05, 0) is 32.2 Å². The summed E-state index contributed by atoms with van der Waals surface area (Å²) >= 11 is 0. The van der Waals surface area contributed by atoms with Gasteiger partial charge in [0.25, 0.3) is 0 Å². The molecule has 0 atom stereocenters. The number of aromatic nitrogens is 1. The summed E-state index contributed by atoms with van der Waals surface area (Å²) < 4.78 is 2.23. The Bertz CT molecular complexity index is 458. The summed E-state index contributed by atoms with van der Waals surface area (Å²) in [6.07, 6.45) is 4.35. The highest BCUT2D eigenvalue weighted by molar-refractivity contribution is 5.81. The van der Waals surface area contributed by atoms with Gasteiger partial charge in [0.2, 0.25) is 0 Å². The molecule has 1 aromatic carbocycles. The molecule has 0 fully saturated rings. The van der Waals surface area contributed by atoms with Crippen molar-refractivity contribution in [1.82, 2.24) is 0 Å². The zero-order valence-electron chi connectivity index (χ0n) is 8.99. The Labute approximate surface area is 85.0 Å². The van der Waals surface area contributed by atoms with Gasteiger partial charge in [-0.15, -0.1) is 0 Å². The first-order chi connectivity index (χ1) is 6.66. The molecule has 0 radical (unpaired) electrons. The summed E-state index contributed by atoms with van der Waals surface area (Å²) in [4.78, 5) is 0. The Morgan fingerprint density at radius 3 is 2.57 bits per heavy atom. The fraction of sp³-hybridized carbons (Fsp3) is 0.308. The number of hydrogen-bond acceptors (Lipinski definition) is 0. The Morgan fingerprint density at radius 1 is 1.07 bits per heavy atom. The minimum atomic E-state index is 0.528. The van der Waals surface area contributed by atoms with Crippen LogP contribution in [0.4, 0.5) is 0 Å². The van der Waals surface area contributed by atoms with Crippen molar-refractivity contribution < 1.29 is 4.57 Å². The van der Waals surface area contributed by atoms with Crippen LogP contribution >= 0.6 is 0 Å². The highest BCUT2D eigenvalue weighted by Gasteiger charge is 2.06. The van der Waals surface area contributed by atoms with E-state index in [0.29, 0.717) is 6.04 Å². The summed E-state index contributed by atoms with van der Waals surface area (Å²) in [5, 5.41) is 2.63. The smallest absolute Gasteiger partial charge is 0.176 e. The van der Waals surface area contributed by atoms with Gasteiger partial charge >= 0.3 is 0 Å². The lowest BCUT2D eigenvalue weighted by molar-refractivity contribution is -0.715. The molecule has 0 spiro atoms. The number of hydrogen-bond donors (Lipinski definition) is 0. The average molecular weight is 186 g/mol. The third kappa shape index (κ3) is 1.63. The lowest BCUT2D eigenvalue weighted by Gasteiger charge is -2.02. The highest BCUT2D eigenvalue weighted by atomic mass is 15.0. The van der Waals surface area contributed by atoms with Crippen LogP contribution in [0.3, 0.4) is 0 Å². The Kier molecular flexibility index (Phi) is 2.24. The summed E-state index contributed by atoms with van der Waals surface area (Å²) in [5.41, 5.74) is 1.32. The lowest BCUT2D eigenvalue weighted by Crippen LogP contribution is -2.34. The minimum absolute atomic E-state index is 0.528. The number of rotatable bonds is 1. The van der Waals surface area contributed by atoms with Gasteiger partial charge in [0.15, 0.2) is 18.4 Å². The fourth-order valence-electron chi connectivity index (χ4n) is 1.65. The number of pyridine rings is 1. The van der Waals surface area contributed by atoms with Crippen LogP contribution in [0.1, 0.15) is 25.5 Å². The third-order valence-corrected chi connectivity index (χ3v) is 2.55. The van der Waals surface area contributed by atoms with Crippen LogP contribution in [0.2, 0.25) is 0 Å². The molecule has 0 aliphatic carbocycles. The molecule has 0 aliphatic rings. The second-order valence-electron chi connectivity index (χ2n) is 4.12. The van der Waals surface area contributed by atoms with Crippen LogP contribution in [0, 0.1) is 6.92 Å². The molecular weight excluding hydrogens is 170 g/mol. The second-order valence-corrected chi connectivity index (χ2v) is 4.12. The van der Waals surface area contributed by atoms with Crippen molar-refractivity contribution in [3.63, 3.8) is 0 Å². The third-order valence-electron chi connectivity index (χ3n) is 2.55. The van der Waals surface area contributed by atoms with E-state index >= 15 is 0 Å². The molecule has 0 saturated carbocycles. The molecule has 2 rings (SSSR count). The van der Waals surface area contributed by atoms with Crippen LogP contribution in [-0.4, -0.2) is 0 Å². The fourth-order valence-corrected chi connectivity index (χ4v) is 1.65. The van der Waals surface area contributed by atoms with Gasteiger partial charge in [0.1, 0.15) is 0 Å². The van der Waals surface area contributed by atoms with Crippen LogP contribution < -0.4 is 4.57 Å². The van der Waals surface area contributed by atoms with Crippen molar-refractivity contribution in [2.75, 3.05) is 0 Å². The van der Waals surface area contributed by atoms with E-state index in [-0.39, 0.29) is 0 Å². The predicted molar refractivity (Wildman–Crippen MR) is 59.3 cm³/mol. The first-order valence-corrected chi connectivity index (χ1v) is 5.08. The van der Waals surface area contributed by atoms with Gasteiger partial charge < -0.3 is 0 Å². The quantitative estimate of drug-likeness (QED) is 0.603. The molecule has 1 aromatic heterocycles. The van der Waals surface area contributed by atoms with Gasteiger partial charge in [0.05, 0.1) is 0 Å². The van der Waals surface area contributed by atoms with E-state index < -0.39 is 0 Å². The zero-order valence-corrected chi connectivity index (χ0v) is 8.99. The topological polar surface area (TPSA) is 3.88 Å². The van der Waals surface area contributed by atoms with Gasteiger partial charge in [-0.2, -0.15) is 0 Å². The van der Waals surface area contributed by atoms with E-state index in [9.17, 15) is 0 Å². The molecule has 0 amide bonds. The van der Waals surface area contributed by atoms with Gasteiger partial charge in [-0.3, -0.25) is 0 Å². The largest absolute Gasteiger partial charge is 0.202 e. The molecule has 2 aromatic rings. The van der Waals surface area contributed by atoms with E-state index in [1.54, 1.807) is 0 Å². The normalized spacial score (nSPS) is 11.1. The summed E-state index contributed by atoms with van der Waals surface area (Å²) in [6, 6.07) is 9.28. The Balaban J connectivity index is 2.62. The molecule has 1 nitrogen and oxygen atoms in total. The van der Waals surface area contributed by atoms with Crippen molar-refractivity contribution in [3.8, 4) is 0 Å². The van der Waals surface area contributed by atoms with E-state index in [1.165, 1.54) is 16.3 Å². The maximum atomic E-state index is 2.23. The van der Waals surface area contributed by atoms with Crippen molar-refractivity contribution in [2.24, 2.45) is 0 Å². The van der Waals surface area contributed by atoms with Crippen LogP contribution in [0.25, 0.3) is 10.8 Å². The number of nitrogens with zero attached hydrogens (tertiary/aromatic N) is 1. The summed E-state index contributed by atoms with van der Waals surface area (Å²) in [6.45, 7) is 6.52. The van der Waals surface area contributed by atoms with Crippen LogP contribution in [0.15, 0.2) is 36.7 Å². The van der Waals surface area contributed by atoms with E-state index in [0.717, 1.165) is 0 Å². The first kappa shape index (κ1) is 9.20.